The van der Waals surface area contributed by atoms with Gasteiger partial charge in [-0.3, -0.25) is 9.59 Å². The van der Waals surface area contributed by atoms with Gasteiger partial charge >= 0.3 is 0 Å². The van der Waals surface area contributed by atoms with Gasteiger partial charge in [0.1, 0.15) is 6.04 Å². The normalized spacial score (nSPS) is 11.7. The summed E-state index contributed by atoms with van der Waals surface area (Å²) >= 11 is 3.30. The van der Waals surface area contributed by atoms with Crippen LogP contribution in [0.5, 0.6) is 0 Å². The lowest BCUT2D eigenvalue weighted by Gasteiger charge is -2.16. The zero-order valence-electron chi connectivity index (χ0n) is 14.7. The fraction of sp³-hybridized carbons (Fsp3) is 0.150. The summed E-state index contributed by atoms with van der Waals surface area (Å²) in [5.41, 5.74) is 7.64. The lowest BCUT2D eigenvalue weighted by Crippen LogP contribution is -2.37. The van der Waals surface area contributed by atoms with Crippen LogP contribution >= 0.6 is 23.1 Å². The van der Waals surface area contributed by atoms with E-state index in [-0.39, 0.29) is 5.91 Å². The number of benzene rings is 2. The van der Waals surface area contributed by atoms with Crippen molar-refractivity contribution in [3.63, 3.8) is 0 Å². The molecule has 0 spiro atoms. The van der Waals surface area contributed by atoms with Gasteiger partial charge in [0.25, 0.3) is 5.91 Å². The van der Waals surface area contributed by atoms with Crippen LogP contribution in [0.4, 0.5) is 0 Å². The molecule has 2 amide bonds. The molecule has 0 aliphatic heterocycles. The molecular weight excluding hydrogens is 378 g/mol. The Bertz CT molecular complexity index is 924. The molecule has 3 N–H and O–H groups in total. The zero-order valence-corrected chi connectivity index (χ0v) is 16.3. The van der Waals surface area contributed by atoms with Gasteiger partial charge in [0.15, 0.2) is 0 Å². The number of hydrogen-bond acceptors (Lipinski definition) is 5. The van der Waals surface area contributed by atoms with Crippen LogP contribution in [0.2, 0.25) is 0 Å². The first-order chi connectivity index (χ1) is 13.0. The van der Waals surface area contributed by atoms with E-state index in [1.165, 1.54) is 0 Å². The summed E-state index contributed by atoms with van der Waals surface area (Å²) in [5, 5.41) is 5.81. The summed E-state index contributed by atoms with van der Waals surface area (Å²) in [6, 6.07) is 15.4. The zero-order chi connectivity index (χ0) is 19.2. The van der Waals surface area contributed by atoms with Crippen molar-refractivity contribution in [3.8, 4) is 0 Å². The second-order valence-electron chi connectivity index (χ2n) is 5.89. The molecule has 1 atom stereocenters. The van der Waals surface area contributed by atoms with Gasteiger partial charge in [-0.1, -0.05) is 30.3 Å². The molecule has 2 aromatic carbocycles. The summed E-state index contributed by atoms with van der Waals surface area (Å²) in [5.74, 6) is -0.150. The average molecular weight is 398 g/mol. The van der Waals surface area contributed by atoms with E-state index < -0.39 is 11.9 Å². The topological polar surface area (TPSA) is 85.1 Å². The van der Waals surface area contributed by atoms with Crippen LogP contribution in [0.3, 0.4) is 0 Å². The third kappa shape index (κ3) is 5.18. The van der Waals surface area contributed by atoms with Crippen LogP contribution in [0.1, 0.15) is 32.7 Å². The molecule has 0 aliphatic rings. The van der Waals surface area contributed by atoms with Gasteiger partial charge in [-0.15, -0.1) is 23.1 Å². The number of carbonyl (C=O) groups excluding carboxylic acids is 2. The van der Waals surface area contributed by atoms with Crippen LogP contribution < -0.4 is 11.1 Å². The smallest absolute Gasteiger partial charge is 0.252 e. The molecule has 27 heavy (non-hydrogen) atoms. The van der Waals surface area contributed by atoms with Crippen LogP contribution in [-0.2, 0) is 10.5 Å². The monoisotopic (exact) mass is 397 g/mol. The molecule has 0 fully saturated rings. The molecule has 1 unspecified atom stereocenters. The van der Waals surface area contributed by atoms with Crippen molar-refractivity contribution in [2.45, 2.75) is 23.6 Å². The largest absolute Gasteiger partial charge is 0.368 e. The fourth-order valence-electron chi connectivity index (χ4n) is 2.51. The van der Waals surface area contributed by atoms with Crippen molar-refractivity contribution < 1.29 is 9.59 Å². The van der Waals surface area contributed by atoms with Gasteiger partial charge in [-0.2, -0.15) is 0 Å². The third-order valence-electron chi connectivity index (χ3n) is 3.86. The molecule has 1 aromatic heterocycles. The minimum atomic E-state index is -0.861. The van der Waals surface area contributed by atoms with Gasteiger partial charge < -0.3 is 11.1 Å². The first-order valence-corrected chi connectivity index (χ1v) is 10.2. The van der Waals surface area contributed by atoms with Crippen molar-refractivity contribution in [1.29, 1.82) is 0 Å². The van der Waals surface area contributed by atoms with Crippen molar-refractivity contribution in [1.82, 2.24) is 10.3 Å². The Balaban J connectivity index is 1.63. The molecule has 0 bridgehead atoms. The molecule has 0 saturated carbocycles. The standard InChI is InChI=1S/C20H19N3O2S2/c1-13-22-16(11-26-13)12-27-17-9-7-15(8-10-17)20(25)23-18(19(21)24)14-5-3-2-4-6-14/h2-11,18H,12H2,1H3,(H2,21,24)(H,23,25). The number of aryl methyl sites for hydroxylation is 1. The quantitative estimate of drug-likeness (QED) is 0.595. The van der Waals surface area contributed by atoms with Crippen LogP contribution in [0, 0.1) is 6.92 Å². The van der Waals surface area contributed by atoms with Crippen LogP contribution in [0.15, 0.2) is 64.9 Å². The summed E-state index contributed by atoms with van der Waals surface area (Å²) in [7, 11) is 0. The molecule has 0 aliphatic carbocycles. The molecule has 0 saturated heterocycles. The molecule has 5 nitrogen and oxygen atoms in total. The summed E-state index contributed by atoms with van der Waals surface area (Å²) < 4.78 is 0. The first-order valence-electron chi connectivity index (χ1n) is 8.32. The van der Waals surface area contributed by atoms with Crippen LogP contribution in [-0.4, -0.2) is 16.8 Å². The number of hydrogen-bond donors (Lipinski definition) is 2. The number of thioether (sulfide) groups is 1. The highest BCUT2D eigenvalue weighted by Gasteiger charge is 2.20. The maximum absolute atomic E-state index is 12.5. The lowest BCUT2D eigenvalue weighted by atomic mass is 10.1. The highest BCUT2D eigenvalue weighted by molar-refractivity contribution is 7.98. The molecule has 3 rings (SSSR count). The number of nitrogens with one attached hydrogen (secondary N) is 1. The van der Waals surface area contributed by atoms with Gasteiger partial charge in [-0.25, -0.2) is 4.98 Å². The highest BCUT2D eigenvalue weighted by atomic mass is 32.2. The molecular formula is C20H19N3O2S2. The minimum absolute atomic E-state index is 0.339. The minimum Gasteiger partial charge on any atom is -0.368 e. The Hall–Kier alpha value is -2.64. The lowest BCUT2D eigenvalue weighted by molar-refractivity contribution is -0.120. The third-order valence-corrected chi connectivity index (χ3v) is 5.73. The number of nitrogens with two attached hydrogens (primary N) is 1. The van der Waals surface area contributed by atoms with Crippen molar-refractivity contribution in [3.05, 3.63) is 81.8 Å². The van der Waals surface area contributed by atoms with Gasteiger partial charge in [0.2, 0.25) is 5.91 Å². The molecule has 7 heteroatoms. The SMILES string of the molecule is Cc1nc(CSc2ccc(C(=O)NC(C(N)=O)c3ccccc3)cc2)cs1. The summed E-state index contributed by atoms with van der Waals surface area (Å²) in [4.78, 5) is 29.7. The Morgan fingerprint density at radius 2 is 1.85 bits per heavy atom. The second kappa shape index (κ2) is 8.83. The summed E-state index contributed by atoms with van der Waals surface area (Å²) in [6.45, 7) is 1.99. The Kier molecular flexibility index (Phi) is 6.26. The van der Waals surface area contributed by atoms with Crippen molar-refractivity contribution in [2.75, 3.05) is 0 Å². The van der Waals surface area contributed by atoms with E-state index in [0.717, 1.165) is 21.3 Å². The number of primary amides is 1. The Morgan fingerprint density at radius 3 is 2.44 bits per heavy atom. The number of nitrogens with zero attached hydrogens (tertiary/aromatic N) is 1. The number of carbonyl (C=O) groups is 2. The van der Waals surface area contributed by atoms with Crippen LogP contribution in [0.25, 0.3) is 0 Å². The number of rotatable bonds is 7. The second-order valence-corrected chi connectivity index (χ2v) is 8.00. The van der Waals surface area contributed by atoms with E-state index in [2.05, 4.69) is 15.7 Å². The molecule has 1 heterocycles. The van der Waals surface area contributed by atoms with E-state index in [1.54, 1.807) is 59.5 Å². The predicted octanol–water partition coefficient (Wildman–Crippen LogP) is 3.70. The van der Waals surface area contributed by atoms with E-state index in [9.17, 15) is 9.59 Å². The van der Waals surface area contributed by atoms with Gasteiger partial charge in [0.05, 0.1) is 10.7 Å². The number of aromatic nitrogens is 1. The van der Waals surface area contributed by atoms with E-state index in [1.807, 2.05) is 25.1 Å². The maximum atomic E-state index is 12.5. The predicted molar refractivity (Wildman–Crippen MR) is 109 cm³/mol. The highest BCUT2D eigenvalue weighted by Crippen LogP contribution is 2.24. The molecule has 0 radical (unpaired) electrons. The van der Waals surface area contributed by atoms with Gasteiger partial charge in [-0.05, 0) is 36.8 Å². The Morgan fingerprint density at radius 1 is 1.15 bits per heavy atom. The van der Waals surface area contributed by atoms with E-state index >= 15 is 0 Å². The summed E-state index contributed by atoms with van der Waals surface area (Å²) in [6.07, 6.45) is 0. The van der Waals surface area contributed by atoms with Gasteiger partial charge in [0, 0.05) is 21.6 Å². The number of amides is 2. The Labute approximate surface area is 166 Å². The van der Waals surface area contributed by atoms with Crippen molar-refractivity contribution in [2.24, 2.45) is 5.73 Å². The first kappa shape index (κ1) is 19.1. The van der Waals surface area contributed by atoms with Crippen molar-refractivity contribution >= 4 is 34.9 Å². The van der Waals surface area contributed by atoms with E-state index in [4.69, 9.17) is 5.73 Å². The molecule has 138 valence electrons. The van der Waals surface area contributed by atoms with E-state index in [0.29, 0.717) is 11.1 Å². The maximum Gasteiger partial charge on any atom is 0.252 e. The number of thiazole rings is 1. The molecule has 3 aromatic rings. The fourth-order valence-corrected chi connectivity index (χ4v) is 4.02. The average Bonchev–Trinajstić information content (AvgIpc) is 3.10.